The number of hydrogen-bond donors (Lipinski definition) is 2. The van der Waals surface area contributed by atoms with E-state index in [2.05, 4.69) is 15.2 Å². The Morgan fingerprint density at radius 3 is 2.39 bits per heavy atom. The summed E-state index contributed by atoms with van der Waals surface area (Å²) in [5, 5.41) is 2.57. The second-order valence-electron chi connectivity index (χ2n) is 10.9. The lowest BCUT2D eigenvalue weighted by Crippen LogP contribution is -2.49. The molecule has 236 valence electrons. The van der Waals surface area contributed by atoms with Crippen molar-refractivity contribution < 1.29 is 31.5 Å². The predicted octanol–water partition coefficient (Wildman–Crippen LogP) is 4.88. The molecule has 1 fully saturated rings. The van der Waals surface area contributed by atoms with Crippen molar-refractivity contribution in [1.29, 1.82) is 0 Å². The quantitative estimate of drug-likeness (QED) is 0.292. The molecule has 10 nitrogen and oxygen atoms in total. The number of carbonyl (C=O) groups excluding carboxylic acids is 2. The van der Waals surface area contributed by atoms with Gasteiger partial charge in [0.05, 0.1) is 17.0 Å². The molecule has 0 unspecified atom stereocenters. The summed E-state index contributed by atoms with van der Waals surface area (Å²) in [6.45, 7) is 4.64. The lowest BCUT2D eigenvalue weighted by atomic mass is 10.0. The molecule has 3 aromatic rings. The van der Waals surface area contributed by atoms with E-state index in [-0.39, 0.29) is 22.2 Å². The van der Waals surface area contributed by atoms with Crippen molar-refractivity contribution in [2.75, 3.05) is 31.2 Å². The lowest BCUT2D eigenvalue weighted by molar-refractivity contribution is -0.117. The number of amides is 3. The van der Waals surface area contributed by atoms with Gasteiger partial charge in [-0.05, 0) is 60.7 Å². The number of piperidine rings is 1. The van der Waals surface area contributed by atoms with Gasteiger partial charge in [0, 0.05) is 56.8 Å². The van der Waals surface area contributed by atoms with E-state index >= 15 is 0 Å². The first kappa shape index (κ1) is 32.8. The number of benzene rings is 2. The highest BCUT2D eigenvalue weighted by atomic mass is 32.2. The minimum atomic E-state index is -3.29. The minimum absolute atomic E-state index is 0.0608. The first-order chi connectivity index (χ1) is 20.9. The van der Waals surface area contributed by atoms with E-state index in [4.69, 9.17) is 10.5 Å². The number of sulfone groups is 1. The van der Waals surface area contributed by atoms with Gasteiger partial charge in [0.2, 0.25) is 11.8 Å². The molecule has 0 atom stereocenters. The van der Waals surface area contributed by atoms with Crippen LogP contribution in [0.5, 0.6) is 11.6 Å². The molecule has 0 radical (unpaired) electrons. The number of nitrogens with zero attached hydrogens (tertiary/aromatic N) is 3. The molecule has 13 heteroatoms. The number of hydrogen-bond acceptors (Lipinski definition) is 7. The van der Waals surface area contributed by atoms with Gasteiger partial charge in [-0.15, -0.1) is 0 Å². The van der Waals surface area contributed by atoms with Crippen LogP contribution in [0.1, 0.15) is 43.7 Å². The lowest BCUT2D eigenvalue weighted by Gasteiger charge is -2.38. The summed E-state index contributed by atoms with van der Waals surface area (Å²) in [5.41, 5.74) is 5.88. The third-order valence-corrected chi connectivity index (χ3v) is 8.56. The van der Waals surface area contributed by atoms with Gasteiger partial charge in [-0.1, -0.05) is 19.4 Å². The maximum atomic E-state index is 14.5. The zero-order valence-electron chi connectivity index (χ0n) is 24.8. The first-order valence-electron chi connectivity index (χ1n) is 14.4. The summed E-state index contributed by atoms with van der Waals surface area (Å²) in [5.74, 6) is -1.72. The molecule has 3 amide bonds. The maximum absolute atomic E-state index is 14.5. The van der Waals surface area contributed by atoms with E-state index in [0.29, 0.717) is 43.6 Å². The molecule has 1 aromatic heterocycles. The van der Waals surface area contributed by atoms with Gasteiger partial charge in [-0.25, -0.2) is 27.0 Å². The summed E-state index contributed by atoms with van der Waals surface area (Å²) in [6.07, 6.45) is 5.55. The van der Waals surface area contributed by atoms with Gasteiger partial charge >= 0.3 is 6.03 Å². The van der Waals surface area contributed by atoms with Crippen molar-refractivity contribution >= 4 is 27.5 Å². The van der Waals surface area contributed by atoms with E-state index in [0.717, 1.165) is 43.8 Å². The van der Waals surface area contributed by atoms with Crippen LogP contribution in [0.2, 0.25) is 0 Å². The number of aromatic nitrogens is 1. The topological polar surface area (TPSA) is 135 Å². The number of halogens is 2. The van der Waals surface area contributed by atoms with E-state index in [1.54, 1.807) is 29.3 Å². The molecule has 2 aromatic carbocycles. The van der Waals surface area contributed by atoms with Crippen LogP contribution in [-0.4, -0.2) is 67.1 Å². The zero-order chi connectivity index (χ0) is 31.9. The fourth-order valence-electron chi connectivity index (χ4n) is 5.07. The van der Waals surface area contributed by atoms with Crippen molar-refractivity contribution in [2.45, 2.75) is 56.5 Å². The van der Waals surface area contributed by atoms with Gasteiger partial charge in [-0.2, -0.15) is 0 Å². The normalized spacial score (nSPS) is 14.3. The molecular weight excluding hydrogens is 592 g/mol. The van der Waals surface area contributed by atoms with E-state index in [9.17, 15) is 26.8 Å². The number of rotatable bonds is 12. The number of carbonyl (C=O) groups is 2. The summed E-state index contributed by atoms with van der Waals surface area (Å²) in [4.78, 5) is 33.1. The van der Waals surface area contributed by atoms with Crippen molar-refractivity contribution in [2.24, 2.45) is 5.73 Å². The van der Waals surface area contributed by atoms with Gasteiger partial charge in [0.25, 0.3) is 0 Å². The second kappa shape index (κ2) is 14.6. The number of primary amides is 1. The largest absolute Gasteiger partial charge is 0.439 e. The van der Waals surface area contributed by atoms with Crippen LogP contribution in [0.25, 0.3) is 0 Å². The van der Waals surface area contributed by atoms with Crippen molar-refractivity contribution in [3.63, 3.8) is 0 Å². The van der Waals surface area contributed by atoms with Gasteiger partial charge < -0.3 is 20.7 Å². The van der Waals surface area contributed by atoms with Gasteiger partial charge in [0.1, 0.15) is 17.4 Å². The Balaban J connectivity index is 1.33. The molecule has 1 aliphatic rings. The smallest absolute Gasteiger partial charge is 0.322 e. The number of anilines is 1. The number of likely N-dealkylation sites (tertiary alicyclic amines) is 1. The third kappa shape index (κ3) is 8.96. The van der Waals surface area contributed by atoms with Crippen molar-refractivity contribution in [3.8, 4) is 11.6 Å². The number of nitrogens with one attached hydrogen (secondary N) is 1. The Morgan fingerprint density at radius 1 is 1.09 bits per heavy atom. The number of urea groups is 1. The average molecular weight is 630 g/mol. The summed E-state index contributed by atoms with van der Waals surface area (Å²) in [6, 6.07) is 11.0. The maximum Gasteiger partial charge on any atom is 0.322 e. The summed E-state index contributed by atoms with van der Waals surface area (Å²) < 4.78 is 57.6. The Kier molecular flexibility index (Phi) is 10.9. The van der Waals surface area contributed by atoms with Gasteiger partial charge in [0.15, 0.2) is 9.84 Å². The minimum Gasteiger partial charge on any atom is -0.439 e. The molecule has 1 aliphatic heterocycles. The Labute approximate surface area is 256 Å². The summed E-state index contributed by atoms with van der Waals surface area (Å²) in [7, 11) is -3.29. The predicted molar refractivity (Wildman–Crippen MR) is 162 cm³/mol. The van der Waals surface area contributed by atoms with Crippen LogP contribution in [-0.2, 0) is 27.6 Å². The SMILES string of the molecule is CCCCN(C(=O)Nc1cc(CC(N)=O)c(F)cc1F)C1CCN(Cc2ccc(Oc3ccc(S(C)(=O)=O)cc3)nc2)CC1. The van der Waals surface area contributed by atoms with Crippen LogP contribution >= 0.6 is 0 Å². The van der Waals surface area contributed by atoms with Crippen LogP contribution in [0.4, 0.5) is 19.3 Å². The number of unbranched alkanes of at least 4 members (excludes halogenated alkanes) is 1. The monoisotopic (exact) mass is 629 g/mol. The fourth-order valence-corrected chi connectivity index (χ4v) is 5.70. The highest BCUT2D eigenvalue weighted by molar-refractivity contribution is 7.90. The highest BCUT2D eigenvalue weighted by Gasteiger charge is 2.28. The van der Waals surface area contributed by atoms with Crippen LogP contribution in [0, 0.1) is 11.6 Å². The third-order valence-electron chi connectivity index (χ3n) is 7.43. The Morgan fingerprint density at radius 2 is 1.80 bits per heavy atom. The van der Waals surface area contributed by atoms with Crippen molar-refractivity contribution in [1.82, 2.24) is 14.8 Å². The molecular formula is C31H37F2N5O5S. The number of ether oxygens (including phenoxy) is 1. The average Bonchev–Trinajstić information content (AvgIpc) is 2.97. The molecule has 0 spiro atoms. The van der Waals surface area contributed by atoms with Crippen LogP contribution < -0.4 is 15.8 Å². The van der Waals surface area contributed by atoms with E-state index < -0.39 is 39.8 Å². The number of pyridine rings is 1. The highest BCUT2D eigenvalue weighted by Crippen LogP contribution is 2.25. The van der Waals surface area contributed by atoms with Crippen LogP contribution in [0.3, 0.4) is 0 Å². The Bertz CT molecular complexity index is 1560. The molecule has 0 aliphatic carbocycles. The summed E-state index contributed by atoms with van der Waals surface area (Å²) >= 11 is 0. The Hall–Kier alpha value is -4.10. The van der Waals surface area contributed by atoms with Crippen molar-refractivity contribution in [3.05, 3.63) is 77.5 Å². The van der Waals surface area contributed by atoms with Gasteiger partial charge in [-0.3, -0.25) is 9.69 Å². The molecule has 3 N–H and O–H groups in total. The molecule has 2 heterocycles. The molecule has 44 heavy (non-hydrogen) atoms. The fraction of sp³-hybridized carbons (Fsp3) is 0.387. The second-order valence-corrected chi connectivity index (χ2v) is 12.9. The first-order valence-corrected chi connectivity index (χ1v) is 16.3. The number of nitrogens with two attached hydrogens (primary N) is 1. The zero-order valence-corrected chi connectivity index (χ0v) is 25.6. The molecule has 0 bridgehead atoms. The molecule has 1 saturated heterocycles. The van der Waals surface area contributed by atoms with E-state index in [1.165, 1.54) is 12.1 Å². The van der Waals surface area contributed by atoms with E-state index in [1.807, 2.05) is 13.0 Å². The van der Waals surface area contributed by atoms with Crippen LogP contribution in [0.15, 0.2) is 59.6 Å². The molecule has 0 saturated carbocycles. The standard InChI is InChI=1S/C31H37F2N5O5S/c1-3-4-13-38(31(40)36-28-16-22(17-29(34)39)26(32)18-27(28)33)23-11-14-37(15-12-23)20-21-5-10-30(35-19-21)43-24-6-8-25(9-7-24)44(2,41)42/h5-10,16,18-19,23H,3-4,11-15,17,20H2,1-2H3,(H2,34,39)(H,36,40). The molecule has 4 rings (SSSR count).